The Morgan fingerprint density at radius 2 is 1.74 bits per heavy atom. The van der Waals surface area contributed by atoms with Gasteiger partial charge in [-0.05, 0) is 37.6 Å². The van der Waals surface area contributed by atoms with E-state index < -0.39 is 16.1 Å². The fourth-order valence-corrected chi connectivity index (χ4v) is 4.89. The summed E-state index contributed by atoms with van der Waals surface area (Å²) in [6.07, 6.45) is 1.35. The molecule has 8 nitrogen and oxygen atoms in total. The highest BCUT2D eigenvalue weighted by Crippen LogP contribution is 2.27. The maximum atomic E-state index is 13.2. The van der Waals surface area contributed by atoms with Crippen molar-refractivity contribution in [2.24, 2.45) is 0 Å². The molecular weight excluding hydrogens is 501 g/mol. The van der Waals surface area contributed by atoms with Crippen LogP contribution in [0.15, 0.2) is 42.5 Å². The molecule has 0 aliphatic heterocycles. The maximum Gasteiger partial charge on any atom is 0.242 e. The van der Waals surface area contributed by atoms with Crippen LogP contribution in [0.4, 0.5) is 5.69 Å². The van der Waals surface area contributed by atoms with Gasteiger partial charge in [-0.1, -0.05) is 35.3 Å². The van der Waals surface area contributed by atoms with Crippen LogP contribution in [0.2, 0.25) is 10.0 Å². The second-order valence-corrected chi connectivity index (χ2v) is 10.4. The minimum Gasteiger partial charge on any atom is -0.497 e. The van der Waals surface area contributed by atoms with Crippen LogP contribution >= 0.6 is 23.2 Å². The Morgan fingerprint density at radius 1 is 1.12 bits per heavy atom. The lowest BCUT2D eigenvalue weighted by molar-refractivity contribution is -0.140. The molecule has 2 amide bonds. The number of nitrogens with zero attached hydrogens (tertiary/aromatic N) is 2. The Morgan fingerprint density at radius 3 is 2.29 bits per heavy atom. The molecule has 0 fully saturated rings. The number of amides is 2. The zero-order chi connectivity index (χ0) is 25.5. The number of carbonyl (C=O) groups is 2. The van der Waals surface area contributed by atoms with Crippen molar-refractivity contribution >= 4 is 50.7 Å². The number of hydrogen-bond donors (Lipinski definition) is 1. The van der Waals surface area contributed by atoms with Crippen molar-refractivity contribution in [1.82, 2.24) is 10.2 Å². The summed E-state index contributed by atoms with van der Waals surface area (Å²) in [7, 11) is -0.617. The molecule has 0 heterocycles. The highest BCUT2D eigenvalue weighted by atomic mass is 35.5. The lowest BCUT2D eigenvalue weighted by Gasteiger charge is -2.29. The molecule has 2 rings (SSSR count). The number of hydrogen-bond acceptors (Lipinski definition) is 5. The number of nitrogens with one attached hydrogen (secondary N) is 1. The number of carbonyl (C=O) groups excluding carboxylic acids is 2. The molecule has 0 bridgehead atoms. The number of benzene rings is 2. The largest absolute Gasteiger partial charge is 0.497 e. The summed E-state index contributed by atoms with van der Waals surface area (Å²) in [6.45, 7) is 1.73. The average Bonchev–Trinajstić information content (AvgIpc) is 2.79. The monoisotopic (exact) mass is 529 g/mol. The van der Waals surface area contributed by atoms with Gasteiger partial charge in [0.05, 0.1) is 19.1 Å². The number of anilines is 1. The number of rotatable bonds is 11. The van der Waals surface area contributed by atoms with Crippen LogP contribution in [0.1, 0.15) is 25.3 Å². The third-order valence-corrected chi connectivity index (χ3v) is 7.20. The lowest BCUT2D eigenvalue weighted by atomic mass is 10.1. The topological polar surface area (TPSA) is 96.0 Å². The first-order chi connectivity index (χ1) is 16.0. The Kier molecular flexibility index (Phi) is 10.0. The molecule has 2 aromatic rings. The summed E-state index contributed by atoms with van der Waals surface area (Å²) in [5.41, 5.74) is 0.969. The van der Waals surface area contributed by atoms with Gasteiger partial charge in [0.25, 0.3) is 0 Å². The molecule has 0 saturated carbocycles. The number of sulfonamides is 1. The van der Waals surface area contributed by atoms with Crippen LogP contribution in [-0.4, -0.2) is 58.1 Å². The van der Waals surface area contributed by atoms with Crippen LogP contribution in [-0.2, 0) is 26.2 Å². The van der Waals surface area contributed by atoms with E-state index in [4.69, 9.17) is 27.9 Å². The molecule has 0 saturated heterocycles. The predicted molar refractivity (Wildman–Crippen MR) is 135 cm³/mol. The molecule has 2 aromatic carbocycles. The van der Waals surface area contributed by atoms with Crippen LogP contribution < -0.4 is 14.4 Å². The van der Waals surface area contributed by atoms with Crippen LogP contribution in [0.3, 0.4) is 0 Å². The average molecular weight is 530 g/mol. The predicted octanol–water partition coefficient (Wildman–Crippen LogP) is 3.71. The third kappa shape index (κ3) is 7.25. The fourth-order valence-electron chi connectivity index (χ4n) is 3.41. The molecule has 0 aliphatic carbocycles. The van der Waals surface area contributed by atoms with Gasteiger partial charge in [0.15, 0.2) is 0 Å². The summed E-state index contributed by atoms with van der Waals surface area (Å²) < 4.78 is 31.2. The van der Waals surface area contributed by atoms with Crippen molar-refractivity contribution < 1.29 is 22.7 Å². The number of ether oxygens (including phenoxy) is 1. The van der Waals surface area contributed by atoms with E-state index in [0.29, 0.717) is 27.0 Å². The highest BCUT2D eigenvalue weighted by Gasteiger charge is 2.27. The van der Waals surface area contributed by atoms with Crippen molar-refractivity contribution in [2.45, 2.75) is 32.4 Å². The summed E-state index contributed by atoms with van der Waals surface area (Å²) >= 11 is 12.6. The molecule has 0 aliphatic rings. The zero-order valence-electron chi connectivity index (χ0n) is 19.5. The number of halogens is 2. The molecule has 1 N–H and O–H groups in total. The Bertz CT molecular complexity index is 1110. The summed E-state index contributed by atoms with van der Waals surface area (Å²) in [5.74, 6) is -0.152. The van der Waals surface area contributed by atoms with Crippen molar-refractivity contribution in [1.29, 1.82) is 0 Å². The van der Waals surface area contributed by atoms with E-state index in [9.17, 15) is 18.0 Å². The van der Waals surface area contributed by atoms with Gasteiger partial charge in [0, 0.05) is 48.2 Å². The first kappa shape index (κ1) is 27.8. The van der Waals surface area contributed by atoms with E-state index in [1.807, 2.05) is 0 Å². The van der Waals surface area contributed by atoms with Gasteiger partial charge >= 0.3 is 0 Å². The Balaban J connectivity index is 2.21. The molecular formula is C23H29Cl2N3O5S. The quantitative estimate of drug-likeness (QED) is 0.478. The van der Waals surface area contributed by atoms with Gasteiger partial charge in [0.2, 0.25) is 21.8 Å². The van der Waals surface area contributed by atoms with E-state index in [-0.39, 0.29) is 37.7 Å². The van der Waals surface area contributed by atoms with Crippen molar-refractivity contribution in [3.8, 4) is 5.75 Å². The Hall–Kier alpha value is -2.49. The molecule has 0 aromatic heterocycles. The molecule has 186 valence electrons. The SMILES string of the molecule is CNC(=O)C(C)N(Cc1c(Cl)cccc1Cl)C(=O)CCCN(c1cccc(OC)c1)S(C)(=O)=O. The van der Waals surface area contributed by atoms with Gasteiger partial charge in [-0.15, -0.1) is 0 Å². The standard InChI is InChI=1S/C23H29Cl2N3O5S/c1-16(23(30)26-2)27(15-19-20(24)10-6-11-21(19)25)22(29)12-7-13-28(34(4,31)32)17-8-5-9-18(14-17)33-3/h5-6,8-11,14,16H,7,12-13,15H2,1-4H3,(H,26,30). The second-order valence-electron chi connectivity index (χ2n) is 7.65. The van der Waals surface area contributed by atoms with Gasteiger partial charge < -0.3 is 15.0 Å². The van der Waals surface area contributed by atoms with E-state index in [1.165, 1.54) is 23.4 Å². The van der Waals surface area contributed by atoms with Gasteiger partial charge in [-0.2, -0.15) is 0 Å². The second kappa shape index (κ2) is 12.3. The summed E-state index contributed by atoms with van der Waals surface area (Å²) in [4.78, 5) is 26.9. The van der Waals surface area contributed by atoms with E-state index in [1.54, 1.807) is 49.4 Å². The molecule has 1 atom stereocenters. The molecule has 1 unspecified atom stereocenters. The molecule has 0 radical (unpaired) electrons. The fraction of sp³-hybridized carbons (Fsp3) is 0.391. The highest BCUT2D eigenvalue weighted by molar-refractivity contribution is 7.92. The van der Waals surface area contributed by atoms with E-state index in [0.717, 1.165) is 6.26 Å². The first-order valence-electron chi connectivity index (χ1n) is 10.5. The van der Waals surface area contributed by atoms with Gasteiger partial charge in [-0.25, -0.2) is 8.42 Å². The zero-order valence-corrected chi connectivity index (χ0v) is 21.9. The lowest BCUT2D eigenvalue weighted by Crippen LogP contribution is -2.47. The summed E-state index contributed by atoms with van der Waals surface area (Å²) in [5, 5.41) is 3.31. The van der Waals surface area contributed by atoms with E-state index >= 15 is 0 Å². The van der Waals surface area contributed by atoms with Gasteiger partial charge in [-0.3, -0.25) is 13.9 Å². The first-order valence-corrected chi connectivity index (χ1v) is 13.2. The summed E-state index contributed by atoms with van der Waals surface area (Å²) in [6, 6.07) is 10.9. The van der Waals surface area contributed by atoms with Gasteiger partial charge in [0.1, 0.15) is 11.8 Å². The molecule has 11 heteroatoms. The van der Waals surface area contributed by atoms with Crippen LogP contribution in [0, 0.1) is 0 Å². The minimum absolute atomic E-state index is 0.0133. The molecule has 0 spiro atoms. The van der Waals surface area contributed by atoms with Crippen LogP contribution in [0.25, 0.3) is 0 Å². The Labute approximate surface area is 210 Å². The third-order valence-electron chi connectivity index (χ3n) is 5.30. The minimum atomic E-state index is -3.60. The van der Waals surface area contributed by atoms with Crippen molar-refractivity contribution in [2.75, 3.05) is 31.3 Å². The van der Waals surface area contributed by atoms with Crippen molar-refractivity contribution in [3.63, 3.8) is 0 Å². The number of likely N-dealkylation sites (N-methyl/N-ethyl adjacent to an activating group) is 1. The van der Waals surface area contributed by atoms with Crippen molar-refractivity contribution in [3.05, 3.63) is 58.1 Å². The smallest absolute Gasteiger partial charge is 0.242 e. The normalized spacial score (nSPS) is 12.1. The molecule has 34 heavy (non-hydrogen) atoms. The number of methoxy groups -OCH3 is 1. The van der Waals surface area contributed by atoms with E-state index in [2.05, 4.69) is 5.32 Å². The maximum absolute atomic E-state index is 13.2. The van der Waals surface area contributed by atoms with Crippen LogP contribution in [0.5, 0.6) is 5.75 Å².